The van der Waals surface area contributed by atoms with Gasteiger partial charge >= 0.3 is 0 Å². The molecule has 0 aliphatic carbocycles. The standard InChI is InChI=1S/C11H20N2O2/c14-11(13-10-4-6-15-8-10)7-9-3-1-2-5-12-9/h9-10,12H,1-8H2,(H,13,14). The van der Waals surface area contributed by atoms with Crippen LogP contribution < -0.4 is 10.6 Å². The summed E-state index contributed by atoms with van der Waals surface area (Å²) in [6, 6.07) is 0.641. The maximum absolute atomic E-state index is 11.7. The minimum atomic E-state index is 0.171. The van der Waals surface area contributed by atoms with Crippen molar-refractivity contribution in [1.82, 2.24) is 10.6 Å². The zero-order valence-corrected chi connectivity index (χ0v) is 9.13. The molecule has 0 bridgehead atoms. The number of carbonyl (C=O) groups is 1. The third-order valence-corrected chi connectivity index (χ3v) is 3.14. The Hall–Kier alpha value is -0.610. The third-order valence-electron chi connectivity index (χ3n) is 3.14. The number of hydrogen-bond donors (Lipinski definition) is 2. The average Bonchev–Trinajstić information content (AvgIpc) is 2.71. The topological polar surface area (TPSA) is 50.4 Å². The Kier molecular flexibility index (Phi) is 3.97. The van der Waals surface area contributed by atoms with Crippen LogP contribution in [0.1, 0.15) is 32.1 Å². The smallest absolute Gasteiger partial charge is 0.221 e. The van der Waals surface area contributed by atoms with Gasteiger partial charge in [-0.25, -0.2) is 0 Å². The van der Waals surface area contributed by atoms with Crippen LogP contribution >= 0.6 is 0 Å². The lowest BCUT2D eigenvalue weighted by Crippen LogP contribution is -2.41. The van der Waals surface area contributed by atoms with Gasteiger partial charge in [-0.2, -0.15) is 0 Å². The maximum atomic E-state index is 11.7. The van der Waals surface area contributed by atoms with Crippen LogP contribution in [-0.4, -0.2) is 37.7 Å². The number of rotatable bonds is 3. The Morgan fingerprint density at radius 1 is 1.40 bits per heavy atom. The molecule has 0 radical (unpaired) electrons. The summed E-state index contributed by atoms with van der Waals surface area (Å²) in [5, 5.41) is 6.41. The van der Waals surface area contributed by atoms with Gasteiger partial charge in [-0.05, 0) is 25.8 Å². The number of carbonyl (C=O) groups excluding carboxylic acids is 1. The molecule has 4 heteroatoms. The van der Waals surface area contributed by atoms with Crippen molar-refractivity contribution in [2.45, 2.75) is 44.2 Å². The monoisotopic (exact) mass is 212 g/mol. The third kappa shape index (κ3) is 3.47. The Bertz CT molecular complexity index is 209. The van der Waals surface area contributed by atoms with Gasteiger partial charge in [0.25, 0.3) is 0 Å². The minimum Gasteiger partial charge on any atom is -0.379 e. The second-order valence-corrected chi connectivity index (χ2v) is 4.48. The predicted octanol–water partition coefficient (Wildman–Crippen LogP) is 0.424. The van der Waals surface area contributed by atoms with E-state index in [1.165, 1.54) is 12.8 Å². The normalized spacial score (nSPS) is 31.5. The Morgan fingerprint density at radius 2 is 2.33 bits per heavy atom. The first-order chi connectivity index (χ1) is 7.34. The number of nitrogens with one attached hydrogen (secondary N) is 2. The van der Waals surface area contributed by atoms with E-state index in [2.05, 4.69) is 10.6 Å². The molecule has 2 saturated heterocycles. The van der Waals surface area contributed by atoms with E-state index in [4.69, 9.17) is 4.74 Å². The summed E-state index contributed by atoms with van der Waals surface area (Å²) in [4.78, 5) is 11.7. The minimum absolute atomic E-state index is 0.171. The van der Waals surface area contributed by atoms with E-state index in [9.17, 15) is 4.79 Å². The highest BCUT2D eigenvalue weighted by Gasteiger charge is 2.20. The van der Waals surface area contributed by atoms with Crippen LogP contribution in [0.4, 0.5) is 0 Å². The molecule has 4 nitrogen and oxygen atoms in total. The highest BCUT2D eigenvalue weighted by atomic mass is 16.5. The molecule has 2 unspecified atom stereocenters. The molecule has 2 atom stereocenters. The van der Waals surface area contributed by atoms with Crippen LogP contribution in [0.3, 0.4) is 0 Å². The second kappa shape index (κ2) is 5.47. The van der Waals surface area contributed by atoms with Crippen molar-refractivity contribution in [3.8, 4) is 0 Å². The molecule has 0 aromatic heterocycles. The van der Waals surface area contributed by atoms with Crippen LogP contribution in [0, 0.1) is 0 Å². The number of piperidine rings is 1. The van der Waals surface area contributed by atoms with Gasteiger partial charge in [-0.3, -0.25) is 4.79 Å². The van der Waals surface area contributed by atoms with E-state index >= 15 is 0 Å². The van der Waals surface area contributed by atoms with Crippen molar-refractivity contribution in [1.29, 1.82) is 0 Å². The maximum Gasteiger partial charge on any atom is 0.221 e. The molecule has 2 rings (SSSR count). The van der Waals surface area contributed by atoms with E-state index in [1.807, 2.05) is 0 Å². The summed E-state index contributed by atoms with van der Waals surface area (Å²) in [5.41, 5.74) is 0. The van der Waals surface area contributed by atoms with E-state index in [-0.39, 0.29) is 11.9 Å². The zero-order valence-electron chi connectivity index (χ0n) is 9.13. The van der Waals surface area contributed by atoms with Gasteiger partial charge in [0, 0.05) is 19.1 Å². The second-order valence-electron chi connectivity index (χ2n) is 4.48. The fourth-order valence-electron chi connectivity index (χ4n) is 2.26. The molecule has 2 aliphatic heterocycles. The van der Waals surface area contributed by atoms with Gasteiger partial charge in [0.1, 0.15) is 0 Å². The van der Waals surface area contributed by atoms with Gasteiger partial charge in [0.2, 0.25) is 5.91 Å². The van der Waals surface area contributed by atoms with Crippen molar-refractivity contribution in [2.75, 3.05) is 19.8 Å². The fourth-order valence-corrected chi connectivity index (χ4v) is 2.26. The molecule has 2 heterocycles. The van der Waals surface area contributed by atoms with Gasteiger partial charge in [-0.1, -0.05) is 6.42 Å². The van der Waals surface area contributed by atoms with Crippen LogP contribution in [0.25, 0.3) is 0 Å². The van der Waals surface area contributed by atoms with Crippen LogP contribution in [0.15, 0.2) is 0 Å². The largest absolute Gasteiger partial charge is 0.379 e. The molecule has 2 aliphatic rings. The zero-order chi connectivity index (χ0) is 10.5. The summed E-state index contributed by atoms with van der Waals surface area (Å²) in [5.74, 6) is 0.171. The summed E-state index contributed by atoms with van der Waals surface area (Å²) in [7, 11) is 0. The first kappa shape index (κ1) is 10.9. The number of hydrogen-bond acceptors (Lipinski definition) is 3. The van der Waals surface area contributed by atoms with Crippen molar-refractivity contribution in [2.24, 2.45) is 0 Å². The number of amides is 1. The highest BCUT2D eigenvalue weighted by Crippen LogP contribution is 2.10. The van der Waals surface area contributed by atoms with E-state index in [0.717, 1.165) is 26.0 Å². The summed E-state index contributed by atoms with van der Waals surface area (Å²) >= 11 is 0. The summed E-state index contributed by atoms with van der Waals surface area (Å²) < 4.78 is 5.22. The van der Waals surface area contributed by atoms with E-state index in [1.54, 1.807) is 0 Å². The van der Waals surface area contributed by atoms with Gasteiger partial charge in [0.15, 0.2) is 0 Å². The van der Waals surface area contributed by atoms with Crippen molar-refractivity contribution in [3.05, 3.63) is 0 Å². The average molecular weight is 212 g/mol. The van der Waals surface area contributed by atoms with Crippen molar-refractivity contribution >= 4 is 5.91 Å². The quantitative estimate of drug-likeness (QED) is 0.713. The molecule has 0 aromatic carbocycles. The van der Waals surface area contributed by atoms with Crippen molar-refractivity contribution < 1.29 is 9.53 Å². The number of ether oxygens (including phenoxy) is 1. The molecule has 0 aromatic rings. The Balaban J connectivity index is 1.66. The van der Waals surface area contributed by atoms with Crippen LogP contribution in [0.5, 0.6) is 0 Å². The van der Waals surface area contributed by atoms with Crippen LogP contribution in [0.2, 0.25) is 0 Å². The fraction of sp³-hybridized carbons (Fsp3) is 0.909. The SMILES string of the molecule is O=C(CC1CCCCN1)NC1CCOC1. The molecular formula is C11H20N2O2. The molecule has 2 fully saturated rings. The molecule has 2 N–H and O–H groups in total. The van der Waals surface area contributed by atoms with Crippen molar-refractivity contribution in [3.63, 3.8) is 0 Å². The lowest BCUT2D eigenvalue weighted by atomic mass is 10.0. The van der Waals surface area contributed by atoms with Gasteiger partial charge in [-0.15, -0.1) is 0 Å². The first-order valence-corrected chi connectivity index (χ1v) is 5.95. The molecule has 15 heavy (non-hydrogen) atoms. The van der Waals surface area contributed by atoms with E-state index in [0.29, 0.717) is 19.1 Å². The van der Waals surface area contributed by atoms with Crippen LogP contribution in [-0.2, 0) is 9.53 Å². The summed E-state index contributed by atoms with van der Waals surface area (Å²) in [6.45, 7) is 2.53. The molecule has 0 saturated carbocycles. The lowest BCUT2D eigenvalue weighted by molar-refractivity contribution is -0.122. The van der Waals surface area contributed by atoms with Gasteiger partial charge < -0.3 is 15.4 Å². The van der Waals surface area contributed by atoms with E-state index < -0.39 is 0 Å². The first-order valence-electron chi connectivity index (χ1n) is 5.95. The summed E-state index contributed by atoms with van der Waals surface area (Å²) in [6.07, 6.45) is 5.21. The molecular weight excluding hydrogens is 192 g/mol. The Morgan fingerprint density at radius 3 is 3.00 bits per heavy atom. The highest BCUT2D eigenvalue weighted by molar-refractivity contribution is 5.76. The Labute approximate surface area is 90.8 Å². The predicted molar refractivity (Wildman–Crippen MR) is 57.6 cm³/mol. The molecule has 1 amide bonds. The molecule has 0 spiro atoms. The molecule has 86 valence electrons. The van der Waals surface area contributed by atoms with Gasteiger partial charge in [0.05, 0.1) is 12.6 Å². The lowest BCUT2D eigenvalue weighted by Gasteiger charge is -2.23.